The van der Waals surface area contributed by atoms with Gasteiger partial charge < -0.3 is 9.64 Å². The number of fused-ring (bicyclic) bond motifs is 1. The standard InChI is InChI=1S/C21H23ClFN3O2S/c1-4-25(5-2)10-11-26(20(27)16-12-14(22)6-9-18(16)28-3)21-24-17-8-7-15(23)13-19(17)29-21/h6-9,12-13H,4-5,10-11H2,1-3H3. The van der Waals surface area contributed by atoms with Gasteiger partial charge in [0.25, 0.3) is 5.91 Å². The Bertz CT molecular complexity index is 1010. The monoisotopic (exact) mass is 435 g/mol. The van der Waals surface area contributed by atoms with Gasteiger partial charge in [0.15, 0.2) is 5.13 Å². The van der Waals surface area contributed by atoms with Crippen molar-refractivity contribution < 1.29 is 13.9 Å². The number of rotatable bonds is 8. The molecule has 5 nitrogen and oxygen atoms in total. The lowest BCUT2D eigenvalue weighted by Crippen LogP contribution is -2.39. The third-order valence-electron chi connectivity index (χ3n) is 4.74. The first kappa shape index (κ1) is 21.5. The molecule has 1 aromatic heterocycles. The number of thiazole rings is 1. The first-order valence-electron chi connectivity index (χ1n) is 9.40. The van der Waals surface area contributed by atoms with Crippen molar-refractivity contribution in [2.45, 2.75) is 13.8 Å². The second-order valence-corrected chi connectivity index (χ2v) is 7.88. The Labute approximate surface area is 178 Å². The van der Waals surface area contributed by atoms with Crippen LogP contribution in [0.4, 0.5) is 9.52 Å². The number of methoxy groups -OCH3 is 1. The molecule has 0 aliphatic carbocycles. The first-order chi connectivity index (χ1) is 14.0. The van der Waals surface area contributed by atoms with E-state index in [1.165, 1.54) is 30.6 Å². The molecule has 154 valence electrons. The number of amides is 1. The van der Waals surface area contributed by atoms with Crippen LogP contribution in [0.3, 0.4) is 0 Å². The average molecular weight is 436 g/mol. The molecule has 0 saturated carbocycles. The Morgan fingerprint density at radius 2 is 1.93 bits per heavy atom. The highest BCUT2D eigenvalue weighted by Crippen LogP contribution is 2.32. The smallest absolute Gasteiger partial charge is 0.263 e. The van der Waals surface area contributed by atoms with Crippen molar-refractivity contribution in [3.63, 3.8) is 0 Å². The van der Waals surface area contributed by atoms with E-state index in [0.717, 1.165) is 13.1 Å². The highest BCUT2D eigenvalue weighted by Gasteiger charge is 2.25. The Balaban J connectivity index is 2.02. The number of benzene rings is 2. The number of carbonyl (C=O) groups excluding carboxylic acids is 1. The summed E-state index contributed by atoms with van der Waals surface area (Å²) in [6, 6.07) is 9.37. The summed E-state index contributed by atoms with van der Waals surface area (Å²) in [6.45, 7) is 7.05. The van der Waals surface area contributed by atoms with Crippen molar-refractivity contribution in [1.29, 1.82) is 0 Å². The van der Waals surface area contributed by atoms with E-state index in [9.17, 15) is 9.18 Å². The summed E-state index contributed by atoms with van der Waals surface area (Å²) in [5.41, 5.74) is 1.02. The summed E-state index contributed by atoms with van der Waals surface area (Å²) < 4.78 is 19.7. The summed E-state index contributed by atoms with van der Waals surface area (Å²) >= 11 is 7.42. The Kier molecular flexibility index (Phi) is 7.05. The van der Waals surface area contributed by atoms with Gasteiger partial charge >= 0.3 is 0 Å². The maximum Gasteiger partial charge on any atom is 0.263 e. The van der Waals surface area contributed by atoms with E-state index < -0.39 is 0 Å². The highest BCUT2D eigenvalue weighted by atomic mass is 35.5. The van der Waals surface area contributed by atoms with Crippen LogP contribution in [0.5, 0.6) is 5.75 Å². The van der Waals surface area contributed by atoms with Gasteiger partial charge in [-0.3, -0.25) is 9.69 Å². The average Bonchev–Trinajstić information content (AvgIpc) is 3.13. The molecule has 0 spiro atoms. The highest BCUT2D eigenvalue weighted by molar-refractivity contribution is 7.22. The molecule has 0 fully saturated rings. The summed E-state index contributed by atoms with van der Waals surface area (Å²) in [4.78, 5) is 21.9. The fourth-order valence-corrected chi connectivity index (χ4v) is 4.25. The molecule has 2 aromatic carbocycles. The van der Waals surface area contributed by atoms with Crippen molar-refractivity contribution in [1.82, 2.24) is 9.88 Å². The maximum atomic E-state index is 13.6. The lowest BCUT2D eigenvalue weighted by Gasteiger charge is -2.25. The van der Waals surface area contributed by atoms with E-state index in [-0.39, 0.29) is 11.7 Å². The molecule has 3 rings (SSSR count). The van der Waals surface area contributed by atoms with Crippen molar-refractivity contribution in [3.05, 3.63) is 52.8 Å². The van der Waals surface area contributed by atoms with E-state index in [1.807, 2.05) is 0 Å². The van der Waals surface area contributed by atoms with Gasteiger partial charge in [-0.1, -0.05) is 36.8 Å². The van der Waals surface area contributed by atoms with Gasteiger partial charge in [-0.2, -0.15) is 0 Å². The van der Waals surface area contributed by atoms with Gasteiger partial charge in [0.05, 0.1) is 22.9 Å². The zero-order valence-corrected chi connectivity index (χ0v) is 18.2. The van der Waals surface area contributed by atoms with Gasteiger partial charge in [-0.05, 0) is 49.5 Å². The SMILES string of the molecule is CCN(CC)CCN(C(=O)c1cc(Cl)ccc1OC)c1nc2ccc(F)cc2s1. The maximum absolute atomic E-state index is 13.6. The number of nitrogens with zero attached hydrogens (tertiary/aromatic N) is 3. The summed E-state index contributed by atoms with van der Waals surface area (Å²) in [7, 11) is 1.51. The lowest BCUT2D eigenvalue weighted by atomic mass is 10.1. The van der Waals surface area contributed by atoms with Gasteiger partial charge in [-0.15, -0.1) is 0 Å². The molecule has 1 heterocycles. The van der Waals surface area contributed by atoms with Crippen molar-refractivity contribution in [3.8, 4) is 5.75 Å². The molecular weight excluding hydrogens is 413 g/mol. The number of likely N-dealkylation sites (N-methyl/N-ethyl adjacent to an activating group) is 1. The van der Waals surface area contributed by atoms with Gasteiger partial charge in [0.1, 0.15) is 11.6 Å². The lowest BCUT2D eigenvalue weighted by molar-refractivity contribution is 0.0981. The van der Waals surface area contributed by atoms with E-state index >= 15 is 0 Å². The molecule has 8 heteroatoms. The van der Waals surface area contributed by atoms with Crippen LogP contribution in [0.1, 0.15) is 24.2 Å². The van der Waals surface area contributed by atoms with Gasteiger partial charge in [-0.25, -0.2) is 9.37 Å². The van der Waals surface area contributed by atoms with E-state index in [1.54, 1.807) is 29.2 Å². The van der Waals surface area contributed by atoms with Crippen LogP contribution in [-0.2, 0) is 0 Å². The minimum Gasteiger partial charge on any atom is -0.496 e. The topological polar surface area (TPSA) is 45.7 Å². The third kappa shape index (κ3) is 4.86. The van der Waals surface area contributed by atoms with Crippen molar-refractivity contribution in [2.75, 3.05) is 38.2 Å². The quantitative estimate of drug-likeness (QED) is 0.494. The molecule has 29 heavy (non-hydrogen) atoms. The Morgan fingerprint density at radius 1 is 1.17 bits per heavy atom. The molecular formula is C21H23ClFN3O2S. The minimum absolute atomic E-state index is 0.254. The second kappa shape index (κ2) is 9.52. The second-order valence-electron chi connectivity index (χ2n) is 6.44. The Morgan fingerprint density at radius 3 is 2.62 bits per heavy atom. The van der Waals surface area contributed by atoms with Crippen molar-refractivity contribution >= 4 is 44.2 Å². The molecule has 0 atom stereocenters. The molecule has 0 N–H and O–H groups in total. The molecule has 0 bridgehead atoms. The molecule has 0 radical (unpaired) electrons. The fraction of sp³-hybridized carbons (Fsp3) is 0.333. The van der Waals surface area contributed by atoms with E-state index in [4.69, 9.17) is 16.3 Å². The number of hydrogen-bond acceptors (Lipinski definition) is 5. The fourth-order valence-electron chi connectivity index (χ4n) is 3.06. The number of anilines is 1. The Hall–Kier alpha value is -2.22. The molecule has 1 amide bonds. The predicted octanol–water partition coefficient (Wildman–Crippen LogP) is 5.09. The molecule has 0 saturated heterocycles. The zero-order valence-electron chi connectivity index (χ0n) is 16.6. The van der Waals surface area contributed by atoms with Crippen LogP contribution in [0, 0.1) is 5.82 Å². The normalized spacial score (nSPS) is 11.2. The molecule has 0 unspecified atom stereocenters. The van der Waals surface area contributed by atoms with Gasteiger partial charge in [0, 0.05) is 18.1 Å². The first-order valence-corrected chi connectivity index (χ1v) is 10.6. The minimum atomic E-state index is -0.328. The van der Waals surface area contributed by atoms with Crippen LogP contribution >= 0.6 is 22.9 Å². The van der Waals surface area contributed by atoms with Gasteiger partial charge in [0.2, 0.25) is 0 Å². The van der Waals surface area contributed by atoms with Crippen LogP contribution in [0.15, 0.2) is 36.4 Å². The van der Waals surface area contributed by atoms with Crippen LogP contribution in [0.2, 0.25) is 5.02 Å². The zero-order chi connectivity index (χ0) is 21.0. The van der Waals surface area contributed by atoms with Crippen LogP contribution in [-0.4, -0.2) is 49.1 Å². The number of halogens is 2. The number of ether oxygens (including phenoxy) is 1. The largest absolute Gasteiger partial charge is 0.496 e. The summed E-state index contributed by atoms with van der Waals surface area (Å²) in [5, 5.41) is 0.967. The summed E-state index contributed by atoms with van der Waals surface area (Å²) in [6.07, 6.45) is 0. The molecule has 0 aliphatic heterocycles. The van der Waals surface area contributed by atoms with Crippen LogP contribution < -0.4 is 9.64 Å². The number of aromatic nitrogens is 1. The van der Waals surface area contributed by atoms with Crippen LogP contribution in [0.25, 0.3) is 10.2 Å². The van der Waals surface area contributed by atoms with E-state index in [0.29, 0.717) is 44.8 Å². The number of carbonyl (C=O) groups is 1. The van der Waals surface area contributed by atoms with Crippen molar-refractivity contribution in [2.24, 2.45) is 0 Å². The number of hydrogen-bond donors (Lipinski definition) is 0. The summed E-state index contributed by atoms with van der Waals surface area (Å²) in [5.74, 6) is -0.138. The van der Waals surface area contributed by atoms with E-state index in [2.05, 4.69) is 23.7 Å². The predicted molar refractivity (Wildman–Crippen MR) is 117 cm³/mol. The molecule has 3 aromatic rings. The molecule has 0 aliphatic rings. The third-order valence-corrected chi connectivity index (χ3v) is 6.02.